The van der Waals surface area contributed by atoms with Gasteiger partial charge < -0.3 is 49.6 Å². The summed E-state index contributed by atoms with van der Waals surface area (Å²) < 4.78 is 21.6. The van der Waals surface area contributed by atoms with Crippen LogP contribution in [0.15, 0.2) is 4.99 Å². The quantitative estimate of drug-likeness (QED) is 0.289. The Morgan fingerprint density at radius 1 is 0.920 bits per heavy atom. The van der Waals surface area contributed by atoms with Gasteiger partial charge in [0.25, 0.3) is 0 Å². The third kappa shape index (κ3) is 3.39. The molecule has 3 heterocycles. The molecule has 4 unspecified atom stereocenters. The van der Waals surface area contributed by atoms with Gasteiger partial charge >= 0.3 is 0 Å². The molecule has 0 radical (unpaired) electrons. The van der Waals surface area contributed by atoms with Crippen LogP contribution >= 0.6 is 0 Å². The SMILES string of the molecule is CC1=N[C@H]2C(O)[C@H](O[C@H]3OC(CO)[C@@H](O)[C@H](O)C3O)C(CO)O[C@@H]2O1. The number of nitrogens with zero attached hydrogens (tertiary/aromatic N) is 1. The normalized spacial score (nSPS) is 50.1. The summed E-state index contributed by atoms with van der Waals surface area (Å²) in [6.45, 7) is 0.473. The molecule has 25 heavy (non-hydrogen) atoms. The molecule has 0 aromatic carbocycles. The second-order valence-electron chi connectivity index (χ2n) is 6.27. The van der Waals surface area contributed by atoms with E-state index in [9.17, 15) is 30.6 Å². The van der Waals surface area contributed by atoms with Crippen LogP contribution in [0.2, 0.25) is 0 Å². The Morgan fingerprint density at radius 3 is 2.24 bits per heavy atom. The Hall–Kier alpha value is -0.890. The molecule has 2 saturated heterocycles. The minimum atomic E-state index is -1.63. The van der Waals surface area contributed by atoms with E-state index in [-0.39, 0.29) is 0 Å². The molecule has 0 aromatic rings. The molecule has 0 aromatic heterocycles. The van der Waals surface area contributed by atoms with Crippen molar-refractivity contribution in [2.24, 2.45) is 4.99 Å². The summed E-state index contributed by atoms with van der Waals surface area (Å²) in [6, 6.07) is -0.780. The molecule has 10 atom stereocenters. The highest BCUT2D eigenvalue weighted by Gasteiger charge is 2.52. The van der Waals surface area contributed by atoms with Gasteiger partial charge in [0.15, 0.2) is 12.2 Å². The van der Waals surface area contributed by atoms with Crippen LogP contribution in [-0.4, -0.2) is 111 Å². The van der Waals surface area contributed by atoms with Gasteiger partial charge in [-0.05, 0) is 0 Å². The number of aliphatic hydroxyl groups excluding tert-OH is 6. The van der Waals surface area contributed by atoms with Gasteiger partial charge in [0.2, 0.25) is 6.29 Å². The first-order valence-corrected chi connectivity index (χ1v) is 7.98. The predicted octanol–water partition coefficient (Wildman–Crippen LogP) is -3.93. The lowest BCUT2D eigenvalue weighted by Gasteiger charge is -2.44. The van der Waals surface area contributed by atoms with E-state index in [1.165, 1.54) is 0 Å². The summed E-state index contributed by atoms with van der Waals surface area (Å²) in [4.78, 5) is 4.11. The van der Waals surface area contributed by atoms with Crippen molar-refractivity contribution in [3.63, 3.8) is 0 Å². The summed E-state index contributed by atoms with van der Waals surface area (Å²) >= 11 is 0. The number of fused-ring (bicyclic) bond motifs is 1. The van der Waals surface area contributed by atoms with E-state index >= 15 is 0 Å². The van der Waals surface area contributed by atoms with Crippen LogP contribution in [0.4, 0.5) is 0 Å². The Balaban J connectivity index is 1.75. The molecule has 6 N–H and O–H groups in total. The van der Waals surface area contributed by atoms with Gasteiger partial charge in [-0.2, -0.15) is 0 Å². The van der Waals surface area contributed by atoms with Gasteiger partial charge in [-0.15, -0.1) is 0 Å². The van der Waals surface area contributed by atoms with Gasteiger partial charge in [-0.3, -0.25) is 0 Å². The molecule has 0 spiro atoms. The van der Waals surface area contributed by atoms with E-state index in [1.807, 2.05) is 0 Å². The molecule has 3 aliphatic heterocycles. The maximum absolute atomic E-state index is 10.5. The molecule has 0 bridgehead atoms. The largest absolute Gasteiger partial charge is 0.450 e. The lowest BCUT2D eigenvalue weighted by Crippen LogP contribution is -2.63. The van der Waals surface area contributed by atoms with Gasteiger partial charge in [0, 0.05) is 6.92 Å². The lowest BCUT2D eigenvalue weighted by atomic mass is 9.96. The predicted molar refractivity (Wildman–Crippen MR) is 78.4 cm³/mol. The summed E-state index contributed by atoms with van der Waals surface area (Å²) in [5.74, 6) is 0.319. The first-order chi connectivity index (χ1) is 11.9. The first kappa shape index (κ1) is 18.9. The molecule has 0 saturated carbocycles. The average Bonchev–Trinajstić information content (AvgIpc) is 2.97. The van der Waals surface area contributed by atoms with Crippen molar-refractivity contribution in [1.82, 2.24) is 0 Å². The van der Waals surface area contributed by atoms with E-state index in [0.717, 1.165) is 0 Å². The van der Waals surface area contributed by atoms with Crippen molar-refractivity contribution >= 4 is 5.90 Å². The number of aliphatic imine (C=N–C) groups is 1. The van der Waals surface area contributed by atoms with Crippen molar-refractivity contribution in [3.8, 4) is 0 Å². The van der Waals surface area contributed by atoms with Crippen LogP contribution in [0.3, 0.4) is 0 Å². The summed E-state index contributed by atoms with van der Waals surface area (Å²) in [6.07, 6.45) is -11.6. The van der Waals surface area contributed by atoms with Gasteiger partial charge in [0.1, 0.15) is 48.8 Å². The molecule has 0 amide bonds. The number of hydrogen-bond donors (Lipinski definition) is 6. The number of aliphatic hydroxyl groups is 6. The van der Waals surface area contributed by atoms with Crippen molar-refractivity contribution in [2.45, 2.75) is 68.3 Å². The zero-order valence-electron chi connectivity index (χ0n) is 13.5. The fourth-order valence-electron chi connectivity index (χ4n) is 3.20. The Morgan fingerprint density at radius 2 is 1.60 bits per heavy atom. The first-order valence-electron chi connectivity index (χ1n) is 7.98. The standard InChI is InChI=1S/C14H23NO10/c1-4-15-7-9(19)12(6(3-17)24-13(7)22-4)25-14-11(21)10(20)8(18)5(2-16)23-14/h5-14,16-21H,2-3H2,1H3/t5?,6?,7-,8+,9?,10-,11?,12+,13-,14+/m0/s1. The minimum absolute atomic E-state index is 0.319. The molecule has 3 rings (SSSR count). The third-order valence-electron chi connectivity index (χ3n) is 4.58. The highest BCUT2D eigenvalue weighted by molar-refractivity contribution is 5.75. The molecular formula is C14H23NO10. The van der Waals surface area contributed by atoms with Crippen LogP contribution in [-0.2, 0) is 18.9 Å². The van der Waals surface area contributed by atoms with E-state index in [0.29, 0.717) is 5.90 Å². The van der Waals surface area contributed by atoms with Crippen molar-refractivity contribution < 1.29 is 49.6 Å². The van der Waals surface area contributed by atoms with E-state index in [4.69, 9.17) is 18.9 Å². The highest BCUT2D eigenvalue weighted by atomic mass is 16.7. The topological polar surface area (TPSA) is 171 Å². The fraction of sp³-hybridized carbons (Fsp3) is 0.929. The van der Waals surface area contributed by atoms with Crippen molar-refractivity contribution in [2.75, 3.05) is 13.2 Å². The summed E-state index contributed by atoms with van der Waals surface area (Å²) in [7, 11) is 0. The Labute approximate surface area is 143 Å². The maximum Gasteiger partial charge on any atom is 0.227 e. The molecule has 2 fully saturated rings. The zero-order chi connectivity index (χ0) is 18.3. The number of hydrogen-bond acceptors (Lipinski definition) is 11. The Kier molecular flexibility index (Phi) is 5.58. The summed E-state index contributed by atoms with van der Waals surface area (Å²) in [5.41, 5.74) is 0. The molecule has 3 aliphatic rings. The van der Waals surface area contributed by atoms with Gasteiger partial charge in [-0.1, -0.05) is 0 Å². The number of rotatable bonds is 4. The monoisotopic (exact) mass is 365 g/mol. The minimum Gasteiger partial charge on any atom is -0.450 e. The van der Waals surface area contributed by atoms with Gasteiger partial charge in [0.05, 0.1) is 13.2 Å². The zero-order valence-corrected chi connectivity index (χ0v) is 13.5. The van der Waals surface area contributed by atoms with Crippen LogP contribution in [0.25, 0.3) is 0 Å². The summed E-state index contributed by atoms with van der Waals surface area (Å²) in [5, 5.41) is 58.9. The number of ether oxygens (including phenoxy) is 4. The second-order valence-corrected chi connectivity index (χ2v) is 6.27. The maximum atomic E-state index is 10.5. The van der Waals surface area contributed by atoms with Crippen LogP contribution in [0, 0.1) is 0 Å². The smallest absolute Gasteiger partial charge is 0.227 e. The van der Waals surface area contributed by atoms with E-state index < -0.39 is 74.6 Å². The third-order valence-corrected chi connectivity index (χ3v) is 4.58. The van der Waals surface area contributed by atoms with Crippen molar-refractivity contribution in [1.29, 1.82) is 0 Å². The lowest BCUT2D eigenvalue weighted by molar-refractivity contribution is -0.341. The molecule has 11 heteroatoms. The molecule has 11 nitrogen and oxygen atoms in total. The van der Waals surface area contributed by atoms with Crippen LogP contribution in [0.1, 0.15) is 6.92 Å². The highest BCUT2D eigenvalue weighted by Crippen LogP contribution is 2.32. The van der Waals surface area contributed by atoms with E-state index in [2.05, 4.69) is 4.99 Å². The molecule has 144 valence electrons. The van der Waals surface area contributed by atoms with Crippen LogP contribution < -0.4 is 0 Å². The second kappa shape index (κ2) is 7.39. The molecular weight excluding hydrogens is 342 g/mol. The molecule has 0 aliphatic carbocycles. The van der Waals surface area contributed by atoms with Crippen molar-refractivity contribution in [3.05, 3.63) is 0 Å². The fourth-order valence-corrected chi connectivity index (χ4v) is 3.20. The Bertz CT molecular complexity index is 502. The van der Waals surface area contributed by atoms with Crippen LogP contribution in [0.5, 0.6) is 0 Å². The van der Waals surface area contributed by atoms with E-state index in [1.54, 1.807) is 6.92 Å². The van der Waals surface area contributed by atoms with Gasteiger partial charge in [-0.25, -0.2) is 4.99 Å². The average molecular weight is 365 g/mol.